The lowest BCUT2D eigenvalue weighted by Crippen LogP contribution is -1.92. The minimum absolute atomic E-state index is 0.0787. The molecule has 0 saturated heterocycles. The second-order valence-electron chi connectivity index (χ2n) is 3.52. The van der Waals surface area contributed by atoms with Crippen LogP contribution in [0.5, 0.6) is 0 Å². The summed E-state index contributed by atoms with van der Waals surface area (Å²) >= 11 is 0. The predicted molar refractivity (Wildman–Crippen MR) is 55.3 cm³/mol. The van der Waals surface area contributed by atoms with Crippen LogP contribution < -0.4 is 0 Å². The molecule has 81 valence electrons. The van der Waals surface area contributed by atoms with Crippen molar-refractivity contribution >= 4 is 0 Å². The quantitative estimate of drug-likeness (QED) is 0.685. The maximum atomic E-state index is 13.5. The number of rotatable bonds is 1. The van der Waals surface area contributed by atoms with Gasteiger partial charge in [-0.05, 0) is 48.4 Å². The maximum absolute atomic E-state index is 13.5. The van der Waals surface area contributed by atoms with Crippen molar-refractivity contribution in [3.63, 3.8) is 0 Å². The third kappa shape index (κ3) is 1.94. The minimum Gasteiger partial charge on any atom is -0.207 e. The van der Waals surface area contributed by atoms with E-state index in [4.69, 9.17) is 0 Å². The van der Waals surface area contributed by atoms with Crippen LogP contribution in [0.1, 0.15) is 5.56 Å². The molecule has 0 aliphatic carbocycles. The van der Waals surface area contributed by atoms with Crippen molar-refractivity contribution in [1.29, 1.82) is 0 Å². The van der Waals surface area contributed by atoms with Gasteiger partial charge in [0.15, 0.2) is 0 Å². The molecule has 0 fully saturated rings. The molecule has 0 aliphatic heterocycles. The standard InChI is InChI=1S/C13H8F3/c1-8-5-11(15)13(12(16)6-8)9-3-2-4-10(14)7-9/h2,4-7H,1H3. The Bertz CT molecular complexity index is 509. The molecule has 0 atom stereocenters. The molecule has 1 radical (unpaired) electrons. The minimum atomic E-state index is -0.709. The van der Waals surface area contributed by atoms with Gasteiger partial charge in [0.25, 0.3) is 0 Å². The Labute approximate surface area is 91.4 Å². The van der Waals surface area contributed by atoms with E-state index in [0.29, 0.717) is 5.56 Å². The number of halogens is 3. The molecule has 0 bridgehead atoms. The van der Waals surface area contributed by atoms with Crippen LogP contribution >= 0.6 is 0 Å². The first kappa shape index (κ1) is 10.7. The number of aryl methyl sites for hydroxylation is 1. The third-order valence-electron chi connectivity index (χ3n) is 2.22. The van der Waals surface area contributed by atoms with Gasteiger partial charge in [-0.25, -0.2) is 13.2 Å². The summed E-state index contributed by atoms with van der Waals surface area (Å²) in [6.07, 6.45) is 0. The second kappa shape index (κ2) is 4.00. The zero-order valence-electron chi connectivity index (χ0n) is 8.52. The van der Waals surface area contributed by atoms with E-state index >= 15 is 0 Å². The van der Waals surface area contributed by atoms with Crippen LogP contribution in [0.2, 0.25) is 0 Å². The van der Waals surface area contributed by atoms with Crippen molar-refractivity contribution in [3.05, 3.63) is 59.4 Å². The largest absolute Gasteiger partial charge is 0.207 e. The molecule has 3 heteroatoms. The molecule has 0 spiro atoms. The van der Waals surface area contributed by atoms with E-state index in [9.17, 15) is 13.2 Å². The highest BCUT2D eigenvalue weighted by atomic mass is 19.1. The first-order valence-corrected chi connectivity index (χ1v) is 4.71. The summed E-state index contributed by atoms with van der Waals surface area (Å²) in [5, 5.41) is 0. The van der Waals surface area contributed by atoms with Crippen LogP contribution in [-0.2, 0) is 0 Å². The Kier molecular flexibility index (Phi) is 2.69. The lowest BCUT2D eigenvalue weighted by molar-refractivity contribution is 0.587. The van der Waals surface area contributed by atoms with Gasteiger partial charge < -0.3 is 0 Å². The molecule has 0 N–H and O–H groups in total. The number of hydrogen-bond donors (Lipinski definition) is 0. The van der Waals surface area contributed by atoms with E-state index < -0.39 is 17.5 Å². The fourth-order valence-electron chi connectivity index (χ4n) is 1.54. The van der Waals surface area contributed by atoms with Crippen molar-refractivity contribution in [3.8, 4) is 11.1 Å². The summed E-state index contributed by atoms with van der Waals surface area (Å²) in [6, 6.07) is 8.54. The molecular weight excluding hydrogens is 213 g/mol. The average Bonchev–Trinajstić information content (AvgIpc) is 2.15. The molecular formula is C13H8F3. The van der Waals surface area contributed by atoms with Gasteiger partial charge >= 0.3 is 0 Å². The van der Waals surface area contributed by atoms with Gasteiger partial charge in [0, 0.05) is 0 Å². The first-order valence-electron chi connectivity index (χ1n) is 4.71. The summed E-state index contributed by atoms with van der Waals surface area (Å²) in [7, 11) is 0. The van der Waals surface area contributed by atoms with E-state index in [1.807, 2.05) is 0 Å². The lowest BCUT2D eigenvalue weighted by Gasteiger charge is -2.06. The lowest BCUT2D eigenvalue weighted by atomic mass is 10.0. The van der Waals surface area contributed by atoms with E-state index in [-0.39, 0.29) is 11.1 Å². The first-order chi connectivity index (χ1) is 7.58. The molecule has 0 unspecified atom stereocenters. The zero-order chi connectivity index (χ0) is 11.7. The van der Waals surface area contributed by atoms with E-state index in [1.54, 1.807) is 6.92 Å². The van der Waals surface area contributed by atoms with Gasteiger partial charge in [-0.15, -0.1) is 0 Å². The predicted octanol–water partition coefficient (Wildman–Crippen LogP) is 3.88. The van der Waals surface area contributed by atoms with Gasteiger partial charge in [-0.1, -0.05) is 6.07 Å². The van der Waals surface area contributed by atoms with Crippen molar-refractivity contribution in [2.75, 3.05) is 0 Å². The fourth-order valence-corrected chi connectivity index (χ4v) is 1.54. The van der Waals surface area contributed by atoms with Gasteiger partial charge in [0.05, 0.1) is 5.56 Å². The van der Waals surface area contributed by atoms with Crippen molar-refractivity contribution < 1.29 is 13.2 Å². The second-order valence-corrected chi connectivity index (χ2v) is 3.52. The maximum Gasteiger partial charge on any atom is 0.134 e. The van der Waals surface area contributed by atoms with Gasteiger partial charge in [-0.2, -0.15) is 0 Å². The molecule has 0 saturated carbocycles. The summed E-state index contributed by atoms with van der Waals surface area (Å²) < 4.78 is 40.0. The molecule has 0 amide bonds. The molecule has 2 aromatic rings. The van der Waals surface area contributed by atoms with Gasteiger partial charge in [0.2, 0.25) is 0 Å². The Hall–Kier alpha value is -1.77. The normalized spacial score (nSPS) is 10.5. The molecule has 0 heterocycles. The summed E-state index contributed by atoms with van der Waals surface area (Å²) in [6.45, 7) is 1.59. The average molecular weight is 221 g/mol. The smallest absolute Gasteiger partial charge is 0.134 e. The van der Waals surface area contributed by atoms with E-state index in [0.717, 1.165) is 6.07 Å². The molecule has 0 aliphatic rings. The molecule has 0 nitrogen and oxygen atoms in total. The van der Waals surface area contributed by atoms with Gasteiger partial charge in [-0.3, -0.25) is 0 Å². The van der Waals surface area contributed by atoms with Crippen molar-refractivity contribution in [2.24, 2.45) is 0 Å². The van der Waals surface area contributed by atoms with Crippen LogP contribution in [0.15, 0.2) is 30.3 Å². The Morgan fingerprint density at radius 1 is 1.00 bits per heavy atom. The third-order valence-corrected chi connectivity index (χ3v) is 2.22. The highest BCUT2D eigenvalue weighted by Crippen LogP contribution is 2.27. The summed E-state index contributed by atoms with van der Waals surface area (Å²) in [5.41, 5.74) is 0.315. The monoisotopic (exact) mass is 221 g/mol. The number of hydrogen-bond acceptors (Lipinski definition) is 0. The zero-order valence-corrected chi connectivity index (χ0v) is 8.52. The van der Waals surface area contributed by atoms with Crippen LogP contribution in [0, 0.1) is 30.4 Å². The molecule has 2 aromatic carbocycles. The van der Waals surface area contributed by atoms with Crippen LogP contribution in [-0.4, -0.2) is 0 Å². The van der Waals surface area contributed by atoms with E-state index in [1.165, 1.54) is 24.3 Å². The SMILES string of the molecule is Cc1cc(F)c(-c2[c]ccc(F)c2)c(F)c1. The number of benzene rings is 2. The molecule has 16 heavy (non-hydrogen) atoms. The summed E-state index contributed by atoms with van der Waals surface area (Å²) in [4.78, 5) is 0. The van der Waals surface area contributed by atoms with Crippen molar-refractivity contribution in [1.82, 2.24) is 0 Å². The van der Waals surface area contributed by atoms with Crippen LogP contribution in [0.4, 0.5) is 13.2 Å². The van der Waals surface area contributed by atoms with Crippen molar-refractivity contribution in [2.45, 2.75) is 6.92 Å². The Morgan fingerprint density at radius 2 is 1.62 bits per heavy atom. The highest BCUT2D eigenvalue weighted by molar-refractivity contribution is 5.64. The van der Waals surface area contributed by atoms with Crippen LogP contribution in [0.25, 0.3) is 11.1 Å². The molecule has 2 rings (SSSR count). The topological polar surface area (TPSA) is 0 Å². The summed E-state index contributed by atoms with van der Waals surface area (Å²) in [5.74, 6) is -1.97. The van der Waals surface area contributed by atoms with Gasteiger partial charge in [0.1, 0.15) is 17.5 Å². The highest BCUT2D eigenvalue weighted by Gasteiger charge is 2.12. The Morgan fingerprint density at radius 3 is 2.19 bits per heavy atom. The van der Waals surface area contributed by atoms with E-state index in [2.05, 4.69) is 6.07 Å². The fraction of sp³-hybridized carbons (Fsp3) is 0.0769. The Balaban J connectivity index is 2.64. The molecule has 0 aromatic heterocycles. The van der Waals surface area contributed by atoms with Crippen LogP contribution in [0.3, 0.4) is 0 Å².